The van der Waals surface area contributed by atoms with Crippen LogP contribution in [-0.4, -0.2) is 10.9 Å². The minimum atomic E-state index is -0.543. The van der Waals surface area contributed by atoms with Crippen LogP contribution in [0, 0.1) is 12.7 Å². The van der Waals surface area contributed by atoms with Gasteiger partial charge in [0.1, 0.15) is 16.6 Å². The Morgan fingerprint density at radius 1 is 1.16 bits per heavy atom. The molecule has 3 aromatic heterocycles. The molecule has 3 heterocycles. The van der Waals surface area contributed by atoms with E-state index < -0.39 is 6.04 Å². The van der Waals surface area contributed by atoms with Crippen molar-refractivity contribution in [1.29, 1.82) is 0 Å². The van der Waals surface area contributed by atoms with Crippen molar-refractivity contribution in [3.63, 3.8) is 0 Å². The second-order valence-electron chi connectivity index (χ2n) is 7.10. The van der Waals surface area contributed by atoms with Crippen molar-refractivity contribution in [3.8, 4) is 0 Å². The molecule has 0 saturated carbocycles. The molecule has 158 valence electrons. The van der Waals surface area contributed by atoms with E-state index in [1.54, 1.807) is 36.5 Å². The van der Waals surface area contributed by atoms with Crippen molar-refractivity contribution in [2.45, 2.75) is 26.3 Å². The Morgan fingerprint density at radius 3 is 2.71 bits per heavy atom. The van der Waals surface area contributed by atoms with Crippen LogP contribution in [0.4, 0.5) is 15.2 Å². The quantitative estimate of drug-likeness (QED) is 0.363. The zero-order valence-electron chi connectivity index (χ0n) is 17.2. The lowest BCUT2D eigenvalue weighted by atomic mass is 9.99. The van der Waals surface area contributed by atoms with Crippen LogP contribution < -0.4 is 10.6 Å². The molecule has 0 aliphatic heterocycles. The lowest BCUT2D eigenvalue weighted by molar-refractivity contribution is 0.0997. The number of pyridine rings is 1. The summed E-state index contributed by atoms with van der Waals surface area (Å²) in [6, 6.07) is 15.2. The van der Waals surface area contributed by atoms with Crippen molar-refractivity contribution >= 4 is 28.1 Å². The maximum atomic E-state index is 14.9. The van der Waals surface area contributed by atoms with Crippen LogP contribution in [-0.2, 0) is 6.42 Å². The van der Waals surface area contributed by atoms with E-state index >= 15 is 0 Å². The minimum absolute atomic E-state index is 0.216. The van der Waals surface area contributed by atoms with Gasteiger partial charge >= 0.3 is 0 Å². The van der Waals surface area contributed by atoms with E-state index in [4.69, 9.17) is 4.42 Å². The van der Waals surface area contributed by atoms with Crippen molar-refractivity contribution < 1.29 is 13.6 Å². The van der Waals surface area contributed by atoms with Crippen molar-refractivity contribution in [1.82, 2.24) is 4.98 Å². The molecular weight excluding hydrogens is 413 g/mol. The molecule has 4 aromatic rings. The fourth-order valence-corrected chi connectivity index (χ4v) is 4.34. The third-order valence-corrected chi connectivity index (χ3v) is 6.08. The van der Waals surface area contributed by atoms with Gasteiger partial charge in [0.15, 0.2) is 5.76 Å². The molecule has 0 fully saturated rings. The summed E-state index contributed by atoms with van der Waals surface area (Å²) in [7, 11) is 0. The molecule has 31 heavy (non-hydrogen) atoms. The summed E-state index contributed by atoms with van der Waals surface area (Å²) in [6.07, 6.45) is 3.95. The van der Waals surface area contributed by atoms with Gasteiger partial charge < -0.3 is 15.1 Å². The lowest BCUT2D eigenvalue weighted by Crippen LogP contribution is -2.17. The number of halogens is 1. The normalized spacial score (nSPS) is 11.8. The van der Waals surface area contributed by atoms with Gasteiger partial charge in [-0.15, -0.1) is 11.3 Å². The molecule has 0 spiro atoms. The van der Waals surface area contributed by atoms with Crippen LogP contribution in [0.2, 0.25) is 0 Å². The van der Waals surface area contributed by atoms with E-state index in [1.807, 2.05) is 32.0 Å². The van der Waals surface area contributed by atoms with Crippen LogP contribution in [0.5, 0.6) is 0 Å². The lowest BCUT2D eigenvalue weighted by Gasteiger charge is -2.21. The molecule has 5 nitrogen and oxygen atoms in total. The minimum Gasteiger partial charge on any atom is -0.459 e. The summed E-state index contributed by atoms with van der Waals surface area (Å²) in [6.45, 7) is 4.02. The molecule has 0 bridgehead atoms. The second-order valence-corrected chi connectivity index (χ2v) is 8.24. The fraction of sp³-hybridized carbons (Fsp3) is 0.167. The number of rotatable bonds is 7. The van der Waals surface area contributed by atoms with Crippen LogP contribution >= 0.6 is 11.3 Å². The molecule has 0 aliphatic rings. The van der Waals surface area contributed by atoms with Gasteiger partial charge in [0.25, 0.3) is 5.91 Å². The first-order chi connectivity index (χ1) is 15.0. The topological polar surface area (TPSA) is 67.2 Å². The molecule has 0 radical (unpaired) electrons. The highest BCUT2D eigenvalue weighted by atomic mass is 32.1. The Morgan fingerprint density at radius 2 is 2.00 bits per heavy atom. The predicted molar refractivity (Wildman–Crippen MR) is 121 cm³/mol. The zero-order chi connectivity index (χ0) is 21.8. The number of amides is 1. The summed E-state index contributed by atoms with van der Waals surface area (Å²) >= 11 is 1.47. The highest BCUT2D eigenvalue weighted by Gasteiger charge is 2.25. The number of aryl methyl sites for hydroxylation is 2. The number of nitrogens with one attached hydrogen (secondary N) is 2. The number of hydrogen-bond donors (Lipinski definition) is 2. The smallest absolute Gasteiger partial charge is 0.291 e. The first-order valence-electron chi connectivity index (χ1n) is 9.96. The molecule has 0 saturated heterocycles. The third-order valence-electron chi connectivity index (χ3n) is 4.87. The maximum absolute atomic E-state index is 14.9. The second kappa shape index (κ2) is 9.14. The number of hydrogen-bond acceptors (Lipinski definition) is 5. The van der Waals surface area contributed by atoms with Gasteiger partial charge in [0.05, 0.1) is 12.3 Å². The Labute approximate surface area is 184 Å². The van der Waals surface area contributed by atoms with Crippen molar-refractivity contribution in [2.24, 2.45) is 0 Å². The number of carbonyl (C=O) groups excluding carboxylic acids is 1. The zero-order valence-corrected chi connectivity index (χ0v) is 18.0. The monoisotopic (exact) mass is 435 g/mol. The molecule has 4 rings (SSSR count). The van der Waals surface area contributed by atoms with E-state index in [2.05, 4.69) is 15.6 Å². The average Bonchev–Trinajstić information content (AvgIpc) is 3.43. The fourth-order valence-electron chi connectivity index (χ4n) is 3.31. The van der Waals surface area contributed by atoms with Crippen molar-refractivity contribution in [3.05, 3.63) is 100 Å². The molecule has 7 heteroatoms. The molecule has 1 aromatic carbocycles. The van der Waals surface area contributed by atoms with E-state index in [-0.39, 0.29) is 17.5 Å². The maximum Gasteiger partial charge on any atom is 0.291 e. The van der Waals surface area contributed by atoms with Gasteiger partial charge in [0, 0.05) is 22.2 Å². The summed E-state index contributed by atoms with van der Waals surface area (Å²) in [5.41, 5.74) is 2.28. The van der Waals surface area contributed by atoms with Crippen LogP contribution in [0.15, 0.2) is 71.5 Å². The third kappa shape index (κ3) is 4.67. The van der Waals surface area contributed by atoms with Gasteiger partial charge in [-0.3, -0.25) is 4.79 Å². The van der Waals surface area contributed by atoms with E-state index in [0.717, 1.165) is 22.4 Å². The molecule has 0 aliphatic carbocycles. The molecule has 1 atom stereocenters. The Bertz CT molecular complexity index is 1190. The van der Waals surface area contributed by atoms with Gasteiger partial charge in [-0.2, -0.15) is 0 Å². The first kappa shape index (κ1) is 20.8. The number of furan rings is 1. The summed E-state index contributed by atoms with van der Waals surface area (Å²) in [4.78, 5) is 18.1. The number of benzene rings is 1. The number of thiophene rings is 1. The van der Waals surface area contributed by atoms with E-state index in [0.29, 0.717) is 16.4 Å². The number of carbonyl (C=O) groups is 1. The first-order valence-corrected chi connectivity index (χ1v) is 10.8. The van der Waals surface area contributed by atoms with Crippen LogP contribution in [0.1, 0.15) is 45.1 Å². The number of anilines is 2. The standard InChI is InChI=1S/C24H22FN3O2S/c1-3-16-14-18(24(31-16)28-23(29)20-9-6-12-30-20)22(17-7-4-5-8-19(17)25)27-21-13-15(2)10-11-26-21/h4-14,22H,3H2,1-2H3,(H,26,27)(H,28,29)/t22-/m0/s1. The SMILES string of the molecule is CCc1cc([C@@H](Nc2cc(C)ccn2)c2ccccc2F)c(NC(=O)c2ccco2)s1. The van der Waals surface area contributed by atoms with Gasteiger partial charge in [-0.05, 0) is 55.3 Å². The summed E-state index contributed by atoms with van der Waals surface area (Å²) < 4.78 is 20.1. The van der Waals surface area contributed by atoms with Crippen molar-refractivity contribution in [2.75, 3.05) is 10.6 Å². The number of nitrogens with zero attached hydrogens (tertiary/aromatic N) is 1. The Hall–Kier alpha value is -3.45. The molecular formula is C24H22FN3O2S. The highest BCUT2D eigenvalue weighted by Crippen LogP contribution is 2.38. The molecule has 2 N–H and O–H groups in total. The Balaban J connectivity index is 1.78. The van der Waals surface area contributed by atoms with E-state index in [9.17, 15) is 9.18 Å². The van der Waals surface area contributed by atoms with Gasteiger partial charge in [-0.25, -0.2) is 9.37 Å². The van der Waals surface area contributed by atoms with Crippen LogP contribution in [0.25, 0.3) is 0 Å². The average molecular weight is 436 g/mol. The van der Waals surface area contributed by atoms with Gasteiger partial charge in [0.2, 0.25) is 0 Å². The van der Waals surface area contributed by atoms with E-state index in [1.165, 1.54) is 23.7 Å². The summed E-state index contributed by atoms with van der Waals surface area (Å²) in [5.74, 6) is 0.158. The van der Waals surface area contributed by atoms with Crippen LogP contribution in [0.3, 0.4) is 0 Å². The Kier molecular flexibility index (Phi) is 6.13. The number of aromatic nitrogens is 1. The van der Waals surface area contributed by atoms with Gasteiger partial charge in [-0.1, -0.05) is 25.1 Å². The highest BCUT2D eigenvalue weighted by molar-refractivity contribution is 7.16. The predicted octanol–water partition coefficient (Wildman–Crippen LogP) is 6.20. The molecule has 0 unspecified atom stereocenters. The molecule has 1 amide bonds. The summed E-state index contributed by atoms with van der Waals surface area (Å²) in [5, 5.41) is 6.94. The largest absolute Gasteiger partial charge is 0.459 e.